The van der Waals surface area contributed by atoms with Gasteiger partial charge in [0.25, 0.3) is 0 Å². The van der Waals surface area contributed by atoms with Gasteiger partial charge in [0.1, 0.15) is 0 Å². The van der Waals surface area contributed by atoms with Crippen molar-refractivity contribution in [2.75, 3.05) is 14.7 Å². The summed E-state index contributed by atoms with van der Waals surface area (Å²) >= 11 is 0. The van der Waals surface area contributed by atoms with Crippen molar-refractivity contribution < 1.29 is 0 Å². The maximum Gasteiger partial charge on any atom is 0.0464 e. The quantitative estimate of drug-likeness (QED) is 0.101. The lowest BCUT2D eigenvalue weighted by Crippen LogP contribution is -2.13. The van der Waals surface area contributed by atoms with Gasteiger partial charge in [0.05, 0.1) is 0 Å². The molecule has 0 fully saturated rings. The number of aryl methyl sites for hydroxylation is 3. The van der Waals surface area contributed by atoms with Gasteiger partial charge in [-0.1, -0.05) is 146 Å². The topological polar surface area (TPSA) is 9.72 Å². The monoisotopic (exact) mass is 827 g/mol. The lowest BCUT2D eigenvalue weighted by atomic mass is 9.95. The van der Waals surface area contributed by atoms with Crippen LogP contribution in [0.15, 0.2) is 237 Å². The lowest BCUT2D eigenvalue weighted by molar-refractivity contribution is 1.13. The molecular formula is C61H53N3. The number of hydrogen-bond donors (Lipinski definition) is 0. The Hall–Kier alpha value is -7.88. The highest BCUT2D eigenvalue weighted by molar-refractivity contribution is 5.86. The third kappa shape index (κ3) is 9.60. The van der Waals surface area contributed by atoms with Crippen LogP contribution < -0.4 is 14.7 Å². The SMILES string of the molecule is CCc1cccc(N(c2ccccc2)c2ccc(N(c3ccc(C=C(Cc4ccccc4)c4cccc(C)c4)cc3)c3ccc(N(c4ccccc4)c4cccc(C)c4)cc3)cc2)c1. The van der Waals surface area contributed by atoms with Crippen LogP contribution in [-0.2, 0) is 12.8 Å². The van der Waals surface area contributed by atoms with E-state index >= 15 is 0 Å². The number of anilines is 9. The number of para-hydroxylation sites is 2. The zero-order chi connectivity index (χ0) is 43.7. The summed E-state index contributed by atoms with van der Waals surface area (Å²) in [4.78, 5) is 7.02. The van der Waals surface area contributed by atoms with Crippen molar-refractivity contribution in [3.05, 3.63) is 270 Å². The van der Waals surface area contributed by atoms with E-state index in [1.54, 1.807) is 0 Å². The minimum Gasteiger partial charge on any atom is -0.311 e. The summed E-state index contributed by atoms with van der Waals surface area (Å²) in [6.07, 6.45) is 4.17. The molecule has 9 aromatic rings. The minimum atomic E-state index is 0.849. The van der Waals surface area contributed by atoms with Gasteiger partial charge in [0, 0.05) is 51.2 Å². The zero-order valence-electron chi connectivity index (χ0n) is 36.8. The summed E-state index contributed by atoms with van der Waals surface area (Å²) < 4.78 is 0. The summed E-state index contributed by atoms with van der Waals surface area (Å²) in [5.74, 6) is 0. The third-order valence-electron chi connectivity index (χ3n) is 11.7. The number of hydrogen-bond acceptors (Lipinski definition) is 3. The van der Waals surface area contributed by atoms with Gasteiger partial charge in [-0.2, -0.15) is 0 Å². The van der Waals surface area contributed by atoms with E-state index in [1.165, 1.54) is 33.4 Å². The Labute approximate surface area is 379 Å². The van der Waals surface area contributed by atoms with Crippen molar-refractivity contribution >= 4 is 62.8 Å². The van der Waals surface area contributed by atoms with Gasteiger partial charge in [0.2, 0.25) is 0 Å². The molecular weight excluding hydrogens is 775 g/mol. The van der Waals surface area contributed by atoms with Crippen LogP contribution in [0.2, 0.25) is 0 Å². The molecule has 0 saturated carbocycles. The first-order valence-electron chi connectivity index (χ1n) is 22.3. The summed E-state index contributed by atoms with van der Waals surface area (Å²) in [5.41, 5.74) is 18.7. The van der Waals surface area contributed by atoms with Crippen LogP contribution in [0.1, 0.15) is 40.3 Å². The molecule has 0 saturated heterocycles. The van der Waals surface area contributed by atoms with E-state index in [-0.39, 0.29) is 0 Å². The normalized spacial score (nSPS) is 11.3. The van der Waals surface area contributed by atoms with Gasteiger partial charge in [0.15, 0.2) is 0 Å². The Morgan fingerprint density at radius 3 is 1.20 bits per heavy atom. The molecule has 9 rings (SSSR count). The molecule has 0 aliphatic carbocycles. The molecule has 0 aromatic heterocycles. The molecule has 0 radical (unpaired) electrons. The predicted molar refractivity (Wildman–Crippen MR) is 274 cm³/mol. The second-order valence-corrected chi connectivity index (χ2v) is 16.4. The van der Waals surface area contributed by atoms with Crippen molar-refractivity contribution in [3.63, 3.8) is 0 Å². The Balaban J connectivity index is 1.12. The van der Waals surface area contributed by atoms with Crippen LogP contribution >= 0.6 is 0 Å². The first kappa shape index (κ1) is 41.5. The first-order valence-corrected chi connectivity index (χ1v) is 22.3. The predicted octanol–water partition coefficient (Wildman–Crippen LogP) is 17.1. The second-order valence-electron chi connectivity index (χ2n) is 16.4. The van der Waals surface area contributed by atoms with Crippen molar-refractivity contribution in [3.8, 4) is 0 Å². The van der Waals surface area contributed by atoms with Crippen molar-refractivity contribution in [2.45, 2.75) is 33.6 Å². The zero-order valence-corrected chi connectivity index (χ0v) is 36.8. The van der Waals surface area contributed by atoms with E-state index in [9.17, 15) is 0 Å². The molecule has 0 bridgehead atoms. The Kier molecular flexibility index (Phi) is 12.6. The molecule has 0 aliphatic rings. The first-order chi connectivity index (χ1) is 31.5. The van der Waals surface area contributed by atoms with Gasteiger partial charge < -0.3 is 14.7 Å². The molecule has 3 nitrogen and oxygen atoms in total. The smallest absolute Gasteiger partial charge is 0.0464 e. The number of rotatable bonds is 14. The number of allylic oxidation sites excluding steroid dienone is 1. The van der Waals surface area contributed by atoms with Crippen molar-refractivity contribution in [1.29, 1.82) is 0 Å². The largest absolute Gasteiger partial charge is 0.311 e. The summed E-state index contributed by atoms with van der Waals surface area (Å²) in [6, 6.07) is 85.3. The molecule has 3 heteroatoms. The molecule has 9 aromatic carbocycles. The average molecular weight is 828 g/mol. The van der Waals surface area contributed by atoms with Gasteiger partial charge in [-0.05, 0) is 169 Å². The van der Waals surface area contributed by atoms with E-state index in [4.69, 9.17) is 0 Å². The van der Waals surface area contributed by atoms with Crippen LogP contribution in [0.25, 0.3) is 11.6 Å². The Bertz CT molecular complexity index is 2940. The molecule has 0 N–H and O–H groups in total. The van der Waals surface area contributed by atoms with Crippen LogP contribution in [0.5, 0.6) is 0 Å². The standard InChI is InChI=1S/C61H53N3/c1-4-48-21-16-28-61(45-48)64(54-25-12-7-13-26-54)59-39-35-57(36-40-59)62(56-33-37-58(38-34-56)63(53-23-10-6-11-24-53)60-27-15-18-47(3)42-60)55-31-29-50(30-32-55)44-52(43-49-19-8-5-9-20-49)51-22-14-17-46(2)41-51/h5-42,44-45H,4,43H2,1-3H3. The van der Waals surface area contributed by atoms with Gasteiger partial charge in [-0.25, -0.2) is 0 Å². The van der Waals surface area contributed by atoms with E-state index in [1.807, 2.05) is 0 Å². The van der Waals surface area contributed by atoms with Gasteiger partial charge >= 0.3 is 0 Å². The van der Waals surface area contributed by atoms with Crippen LogP contribution in [0.3, 0.4) is 0 Å². The highest BCUT2D eigenvalue weighted by atomic mass is 15.2. The Morgan fingerprint density at radius 2 is 0.719 bits per heavy atom. The van der Waals surface area contributed by atoms with Gasteiger partial charge in [-0.3, -0.25) is 0 Å². The average Bonchev–Trinajstić information content (AvgIpc) is 3.34. The van der Waals surface area contributed by atoms with E-state index in [0.717, 1.165) is 69.6 Å². The molecule has 0 atom stereocenters. The van der Waals surface area contributed by atoms with Crippen LogP contribution in [0, 0.1) is 13.8 Å². The molecule has 64 heavy (non-hydrogen) atoms. The summed E-state index contributed by atoms with van der Waals surface area (Å²) in [7, 11) is 0. The fraction of sp³-hybridized carbons (Fsp3) is 0.0820. The molecule has 0 heterocycles. The van der Waals surface area contributed by atoms with Crippen LogP contribution in [-0.4, -0.2) is 0 Å². The molecule has 0 spiro atoms. The fourth-order valence-electron chi connectivity index (χ4n) is 8.50. The lowest BCUT2D eigenvalue weighted by Gasteiger charge is -2.29. The Morgan fingerprint density at radius 1 is 0.344 bits per heavy atom. The van der Waals surface area contributed by atoms with Crippen molar-refractivity contribution in [1.82, 2.24) is 0 Å². The molecule has 0 unspecified atom stereocenters. The fourth-order valence-corrected chi connectivity index (χ4v) is 8.50. The molecule has 0 amide bonds. The number of benzene rings is 9. The summed E-state index contributed by atoms with van der Waals surface area (Å²) in [5, 5.41) is 0. The van der Waals surface area contributed by atoms with Gasteiger partial charge in [-0.15, -0.1) is 0 Å². The number of nitrogens with zero attached hydrogens (tertiary/aromatic N) is 3. The van der Waals surface area contributed by atoms with Crippen molar-refractivity contribution in [2.24, 2.45) is 0 Å². The highest BCUT2D eigenvalue weighted by Gasteiger charge is 2.18. The highest BCUT2D eigenvalue weighted by Crippen LogP contribution is 2.42. The molecule has 312 valence electrons. The van der Waals surface area contributed by atoms with E-state index < -0.39 is 0 Å². The van der Waals surface area contributed by atoms with E-state index in [2.05, 4.69) is 278 Å². The van der Waals surface area contributed by atoms with E-state index in [0.29, 0.717) is 0 Å². The second kappa shape index (κ2) is 19.4. The molecule has 0 aliphatic heterocycles. The third-order valence-corrected chi connectivity index (χ3v) is 11.7. The maximum atomic E-state index is 2.36. The maximum absolute atomic E-state index is 2.36. The minimum absolute atomic E-state index is 0.849. The summed E-state index contributed by atoms with van der Waals surface area (Å²) in [6.45, 7) is 6.52. The van der Waals surface area contributed by atoms with Crippen LogP contribution in [0.4, 0.5) is 51.2 Å².